The summed E-state index contributed by atoms with van der Waals surface area (Å²) < 4.78 is 6.63. The molecule has 0 saturated heterocycles. The Morgan fingerprint density at radius 2 is 2.00 bits per heavy atom. The van der Waals surface area contributed by atoms with E-state index in [1.165, 1.54) is 11.8 Å². The molecule has 0 aliphatic carbocycles. The van der Waals surface area contributed by atoms with Gasteiger partial charge in [-0.1, -0.05) is 55.1 Å². The smallest absolute Gasteiger partial charge is 0.257 e. The standard InChI is InChI=1S/C21H20N4O2S3/c1-2-10-25(12-18-23-24-20(27-18)17-9-6-11-28-17)19(26)14-30-21-22-16(13-29-21)15-7-4-3-5-8-15/h3-9,11,13H,2,10,12,14H2,1H3. The third kappa shape index (κ3) is 5.16. The molecule has 4 rings (SSSR count). The Morgan fingerprint density at radius 3 is 2.77 bits per heavy atom. The van der Waals surface area contributed by atoms with E-state index in [2.05, 4.69) is 15.2 Å². The van der Waals surface area contributed by atoms with Gasteiger partial charge in [-0.15, -0.1) is 32.9 Å². The van der Waals surface area contributed by atoms with Crippen LogP contribution in [-0.2, 0) is 11.3 Å². The zero-order chi connectivity index (χ0) is 20.8. The Morgan fingerprint density at radius 1 is 1.13 bits per heavy atom. The molecule has 6 nitrogen and oxygen atoms in total. The molecule has 0 radical (unpaired) electrons. The molecule has 0 unspecified atom stereocenters. The average Bonchev–Trinajstić information content (AvgIpc) is 3.54. The summed E-state index contributed by atoms with van der Waals surface area (Å²) in [4.78, 5) is 20.2. The van der Waals surface area contributed by atoms with Gasteiger partial charge in [0.1, 0.15) is 0 Å². The Labute approximate surface area is 187 Å². The summed E-state index contributed by atoms with van der Waals surface area (Å²) in [5.41, 5.74) is 2.02. The SMILES string of the molecule is CCCN(Cc1nnc(-c2cccs2)o1)C(=O)CSc1nc(-c2ccccc2)cs1. The van der Waals surface area contributed by atoms with Gasteiger partial charge < -0.3 is 9.32 Å². The van der Waals surface area contributed by atoms with Crippen LogP contribution in [0, 0.1) is 0 Å². The summed E-state index contributed by atoms with van der Waals surface area (Å²) in [7, 11) is 0. The molecular formula is C21H20N4O2S3. The number of thiophene rings is 1. The van der Waals surface area contributed by atoms with Crippen molar-refractivity contribution in [3.63, 3.8) is 0 Å². The molecule has 0 aliphatic heterocycles. The number of hydrogen-bond donors (Lipinski definition) is 0. The number of hydrogen-bond acceptors (Lipinski definition) is 8. The van der Waals surface area contributed by atoms with Crippen molar-refractivity contribution in [1.82, 2.24) is 20.1 Å². The van der Waals surface area contributed by atoms with Gasteiger partial charge in [0.25, 0.3) is 5.89 Å². The minimum atomic E-state index is 0.0363. The highest BCUT2D eigenvalue weighted by Gasteiger charge is 2.18. The van der Waals surface area contributed by atoms with Crippen LogP contribution >= 0.6 is 34.4 Å². The number of benzene rings is 1. The maximum Gasteiger partial charge on any atom is 0.257 e. The fourth-order valence-electron chi connectivity index (χ4n) is 2.82. The van der Waals surface area contributed by atoms with Crippen molar-refractivity contribution in [3.05, 3.63) is 59.1 Å². The predicted octanol–water partition coefficient (Wildman–Crippen LogP) is 5.45. The fourth-order valence-corrected chi connectivity index (χ4v) is 5.20. The number of thioether (sulfide) groups is 1. The number of carbonyl (C=O) groups excluding carboxylic acids is 1. The van der Waals surface area contributed by atoms with E-state index in [0.29, 0.717) is 30.6 Å². The lowest BCUT2D eigenvalue weighted by Crippen LogP contribution is -2.32. The molecule has 3 heterocycles. The van der Waals surface area contributed by atoms with E-state index in [4.69, 9.17) is 4.42 Å². The van der Waals surface area contributed by atoms with E-state index in [9.17, 15) is 4.79 Å². The number of carbonyl (C=O) groups is 1. The second-order valence-electron chi connectivity index (χ2n) is 6.45. The maximum absolute atomic E-state index is 12.8. The van der Waals surface area contributed by atoms with Crippen molar-refractivity contribution in [2.75, 3.05) is 12.3 Å². The van der Waals surface area contributed by atoms with Crippen LogP contribution in [-0.4, -0.2) is 38.3 Å². The molecule has 1 aromatic carbocycles. The number of rotatable bonds is 9. The summed E-state index contributed by atoms with van der Waals surface area (Å²) in [6.45, 7) is 3.01. The van der Waals surface area contributed by atoms with Crippen LogP contribution in [0.1, 0.15) is 19.2 Å². The van der Waals surface area contributed by atoms with Gasteiger partial charge in [0, 0.05) is 17.5 Å². The monoisotopic (exact) mass is 456 g/mol. The zero-order valence-corrected chi connectivity index (χ0v) is 18.8. The first kappa shape index (κ1) is 20.8. The first-order valence-corrected chi connectivity index (χ1v) is 12.2. The minimum absolute atomic E-state index is 0.0363. The first-order chi connectivity index (χ1) is 14.7. The van der Waals surface area contributed by atoms with Crippen LogP contribution in [0.2, 0.25) is 0 Å². The van der Waals surface area contributed by atoms with Crippen LogP contribution < -0.4 is 0 Å². The van der Waals surface area contributed by atoms with Crippen molar-refractivity contribution in [2.24, 2.45) is 0 Å². The average molecular weight is 457 g/mol. The summed E-state index contributed by atoms with van der Waals surface area (Å²) in [6.07, 6.45) is 0.859. The predicted molar refractivity (Wildman–Crippen MR) is 122 cm³/mol. The second kappa shape index (κ2) is 10.0. The van der Waals surface area contributed by atoms with Crippen LogP contribution in [0.4, 0.5) is 0 Å². The Bertz CT molecular complexity index is 1080. The van der Waals surface area contributed by atoms with Gasteiger partial charge in [-0.3, -0.25) is 4.79 Å². The highest BCUT2D eigenvalue weighted by molar-refractivity contribution is 8.01. The van der Waals surface area contributed by atoms with Crippen LogP contribution in [0.5, 0.6) is 0 Å². The molecule has 1 amide bonds. The van der Waals surface area contributed by atoms with E-state index in [1.54, 1.807) is 27.6 Å². The van der Waals surface area contributed by atoms with E-state index in [-0.39, 0.29) is 5.91 Å². The number of amides is 1. The third-order valence-electron chi connectivity index (χ3n) is 4.24. The number of nitrogens with zero attached hydrogens (tertiary/aromatic N) is 4. The van der Waals surface area contributed by atoms with Crippen molar-refractivity contribution >= 4 is 40.3 Å². The van der Waals surface area contributed by atoms with Gasteiger partial charge in [0.15, 0.2) is 4.34 Å². The molecule has 0 bridgehead atoms. The van der Waals surface area contributed by atoms with Gasteiger partial charge in [-0.25, -0.2) is 4.98 Å². The molecular weight excluding hydrogens is 436 g/mol. The second-order valence-corrected chi connectivity index (χ2v) is 9.48. The lowest BCUT2D eigenvalue weighted by Gasteiger charge is -2.19. The lowest BCUT2D eigenvalue weighted by molar-refractivity contribution is -0.129. The van der Waals surface area contributed by atoms with E-state index < -0.39 is 0 Å². The first-order valence-electron chi connectivity index (χ1n) is 9.50. The van der Waals surface area contributed by atoms with Gasteiger partial charge in [0.2, 0.25) is 11.8 Å². The molecule has 30 heavy (non-hydrogen) atoms. The highest BCUT2D eigenvalue weighted by atomic mass is 32.2. The summed E-state index contributed by atoms with van der Waals surface area (Å²) in [5.74, 6) is 1.31. The van der Waals surface area contributed by atoms with Gasteiger partial charge in [-0.2, -0.15) is 0 Å². The summed E-state index contributed by atoms with van der Waals surface area (Å²) >= 11 is 4.57. The Kier molecular flexibility index (Phi) is 6.93. The molecule has 0 fully saturated rings. The van der Waals surface area contributed by atoms with Crippen LogP contribution in [0.15, 0.2) is 62.0 Å². The normalized spacial score (nSPS) is 11.0. The van der Waals surface area contributed by atoms with Crippen molar-refractivity contribution in [2.45, 2.75) is 24.2 Å². The lowest BCUT2D eigenvalue weighted by atomic mass is 10.2. The van der Waals surface area contributed by atoms with Crippen LogP contribution in [0.3, 0.4) is 0 Å². The van der Waals surface area contributed by atoms with Crippen molar-refractivity contribution < 1.29 is 9.21 Å². The molecule has 0 spiro atoms. The highest BCUT2D eigenvalue weighted by Crippen LogP contribution is 2.28. The van der Waals surface area contributed by atoms with Crippen molar-refractivity contribution in [1.29, 1.82) is 0 Å². The van der Waals surface area contributed by atoms with E-state index >= 15 is 0 Å². The topological polar surface area (TPSA) is 72.1 Å². The zero-order valence-electron chi connectivity index (χ0n) is 16.4. The number of thiazole rings is 1. The van der Waals surface area contributed by atoms with E-state index in [0.717, 1.165) is 26.9 Å². The van der Waals surface area contributed by atoms with Gasteiger partial charge in [0.05, 0.1) is 22.9 Å². The molecule has 0 N–H and O–H groups in total. The molecule has 3 aromatic heterocycles. The number of aromatic nitrogens is 3. The largest absolute Gasteiger partial charge is 0.418 e. The van der Waals surface area contributed by atoms with Crippen molar-refractivity contribution in [3.8, 4) is 22.0 Å². The minimum Gasteiger partial charge on any atom is -0.418 e. The molecule has 0 aliphatic rings. The van der Waals surface area contributed by atoms with Gasteiger partial charge in [-0.05, 0) is 17.9 Å². The van der Waals surface area contributed by atoms with Gasteiger partial charge >= 0.3 is 0 Å². The molecule has 4 aromatic rings. The third-order valence-corrected chi connectivity index (χ3v) is 7.11. The molecule has 9 heteroatoms. The summed E-state index contributed by atoms with van der Waals surface area (Å²) in [6, 6.07) is 13.9. The quantitative estimate of drug-likeness (QED) is 0.312. The van der Waals surface area contributed by atoms with E-state index in [1.807, 2.05) is 60.1 Å². The fraction of sp³-hybridized carbons (Fsp3) is 0.238. The molecule has 0 atom stereocenters. The Balaban J connectivity index is 1.36. The Hall–Kier alpha value is -2.49. The molecule has 154 valence electrons. The maximum atomic E-state index is 12.8. The molecule has 0 saturated carbocycles. The van der Waals surface area contributed by atoms with Crippen LogP contribution in [0.25, 0.3) is 22.0 Å². The summed E-state index contributed by atoms with van der Waals surface area (Å²) in [5, 5.41) is 12.2.